The number of halogens is 2. The van der Waals surface area contributed by atoms with Crippen molar-refractivity contribution in [1.82, 2.24) is 4.90 Å². The van der Waals surface area contributed by atoms with E-state index < -0.39 is 0 Å². The van der Waals surface area contributed by atoms with Crippen LogP contribution in [0.25, 0.3) is 0 Å². The second-order valence-electron chi connectivity index (χ2n) is 4.74. The van der Waals surface area contributed by atoms with Crippen molar-refractivity contribution in [3.63, 3.8) is 0 Å². The van der Waals surface area contributed by atoms with Gasteiger partial charge in [-0.15, -0.1) is 11.6 Å². The van der Waals surface area contributed by atoms with Gasteiger partial charge in [-0.05, 0) is 30.4 Å². The van der Waals surface area contributed by atoms with Crippen molar-refractivity contribution >= 4 is 29.1 Å². The number of likely N-dealkylation sites (tertiary alicyclic amines) is 1. The van der Waals surface area contributed by atoms with Crippen molar-refractivity contribution in [3.05, 3.63) is 34.9 Å². The maximum absolute atomic E-state index is 12.2. The highest BCUT2D eigenvalue weighted by Gasteiger charge is 2.25. The molecule has 1 saturated heterocycles. The lowest BCUT2D eigenvalue weighted by atomic mass is 10.1. The maximum atomic E-state index is 12.2. The van der Waals surface area contributed by atoms with E-state index in [1.807, 2.05) is 29.2 Å². The molecule has 2 nitrogen and oxygen atoms in total. The average molecular weight is 286 g/mol. The first-order valence-corrected chi connectivity index (χ1v) is 7.19. The molecule has 98 valence electrons. The second-order valence-corrected chi connectivity index (χ2v) is 5.53. The Labute approximate surface area is 118 Å². The van der Waals surface area contributed by atoms with Crippen LogP contribution in [0.15, 0.2) is 24.3 Å². The van der Waals surface area contributed by atoms with Crippen LogP contribution in [0.3, 0.4) is 0 Å². The van der Waals surface area contributed by atoms with Crippen LogP contribution in [0, 0.1) is 5.92 Å². The first-order chi connectivity index (χ1) is 8.70. The fraction of sp³-hybridized carbons (Fsp3) is 0.500. The molecule has 4 heteroatoms. The average Bonchev–Trinajstić information content (AvgIpc) is 2.81. The van der Waals surface area contributed by atoms with Crippen molar-refractivity contribution in [2.24, 2.45) is 5.92 Å². The van der Waals surface area contributed by atoms with Gasteiger partial charge >= 0.3 is 0 Å². The Morgan fingerprint density at radius 1 is 1.39 bits per heavy atom. The fourth-order valence-electron chi connectivity index (χ4n) is 2.37. The maximum Gasteiger partial charge on any atom is 0.227 e. The van der Waals surface area contributed by atoms with Gasteiger partial charge in [-0.2, -0.15) is 0 Å². The molecular formula is C14H17Cl2NO. The number of hydrogen-bond acceptors (Lipinski definition) is 1. The molecule has 0 spiro atoms. The summed E-state index contributed by atoms with van der Waals surface area (Å²) in [6, 6.07) is 7.52. The lowest BCUT2D eigenvalue weighted by Crippen LogP contribution is -2.30. The van der Waals surface area contributed by atoms with Gasteiger partial charge in [0.25, 0.3) is 0 Å². The zero-order chi connectivity index (χ0) is 13.0. The molecule has 1 unspecified atom stereocenters. The van der Waals surface area contributed by atoms with Crippen LogP contribution in [-0.4, -0.2) is 29.8 Å². The normalized spacial score (nSPS) is 19.2. The highest BCUT2D eigenvalue weighted by atomic mass is 35.5. The Hall–Kier alpha value is -0.730. The van der Waals surface area contributed by atoms with E-state index in [9.17, 15) is 4.79 Å². The molecule has 18 heavy (non-hydrogen) atoms. The number of nitrogens with zero attached hydrogens (tertiary/aromatic N) is 1. The minimum atomic E-state index is 0.167. The molecule has 1 aromatic rings. The topological polar surface area (TPSA) is 20.3 Å². The van der Waals surface area contributed by atoms with Crippen molar-refractivity contribution in [1.29, 1.82) is 0 Å². The Bertz CT molecular complexity index is 422. The highest BCUT2D eigenvalue weighted by Crippen LogP contribution is 2.22. The lowest BCUT2D eigenvalue weighted by molar-refractivity contribution is -0.129. The van der Waals surface area contributed by atoms with Gasteiger partial charge in [-0.1, -0.05) is 29.8 Å². The predicted octanol–water partition coefficient (Wildman–Crippen LogP) is 3.36. The van der Waals surface area contributed by atoms with Gasteiger partial charge < -0.3 is 4.90 Å². The molecule has 1 aliphatic rings. The largest absolute Gasteiger partial charge is 0.342 e. The number of alkyl halides is 1. The van der Waals surface area contributed by atoms with Crippen LogP contribution in [0.1, 0.15) is 18.4 Å². The Balaban J connectivity index is 1.91. The summed E-state index contributed by atoms with van der Waals surface area (Å²) in [5.74, 6) is 1.41. The third-order valence-corrected chi connectivity index (χ3v) is 4.04. The molecule has 0 radical (unpaired) electrons. The monoisotopic (exact) mass is 285 g/mol. The summed E-state index contributed by atoms with van der Waals surface area (Å²) < 4.78 is 0. The molecule has 1 aliphatic heterocycles. The zero-order valence-electron chi connectivity index (χ0n) is 10.2. The summed E-state index contributed by atoms with van der Waals surface area (Å²) in [6.07, 6.45) is 2.46. The minimum absolute atomic E-state index is 0.167. The molecular weight excluding hydrogens is 269 g/mol. The van der Waals surface area contributed by atoms with Crippen molar-refractivity contribution in [3.8, 4) is 0 Å². The van der Waals surface area contributed by atoms with Crippen molar-refractivity contribution in [2.75, 3.05) is 19.0 Å². The van der Waals surface area contributed by atoms with Crippen molar-refractivity contribution < 1.29 is 4.79 Å². The molecule has 0 N–H and O–H groups in total. The summed E-state index contributed by atoms with van der Waals surface area (Å²) in [5.41, 5.74) is 0.907. The summed E-state index contributed by atoms with van der Waals surface area (Å²) in [6.45, 7) is 1.70. The van der Waals surface area contributed by atoms with Gasteiger partial charge in [0, 0.05) is 24.0 Å². The number of rotatable bonds is 4. The van der Waals surface area contributed by atoms with E-state index in [1.54, 1.807) is 0 Å². The third kappa shape index (κ3) is 3.39. The molecule has 0 aromatic heterocycles. The van der Waals surface area contributed by atoms with Gasteiger partial charge in [0.05, 0.1) is 6.42 Å². The zero-order valence-corrected chi connectivity index (χ0v) is 11.8. The van der Waals surface area contributed by atoms with Crippen LogP contribution in [0.5, 0.6) is 0 Å². The van der Waals surface area contributed by atoms with Crippen LogP contribution in [-0.2, 0) is 11.2 Å². The second kappa shape index (κ2) is 6.44. The number of hydrogen-bond donors (Lipinski definition) is 0. The predicted molar refractivity (Wildman–Crippen MR) is 75.2 cm³/mol. The minimum Gasteiger partial charge on any atom is -0.342 e. The van der Waals surface area contributed by atoms with Crippen LogP contribution >= 0.6 is 23.2 Å². The first kappa shape index (κ1) is 13.7. The van der Waals surface area contributed by atoms with Crippen molar-refractivity contribution in [2.45, 2.75) is 19.3 Å². The summed E-state index contributed by atoms with van der Waals surface area (Å²) >= 11 is 11.8. The van der Waals surface area contributed by atoms with Crippen LogP contribution in [0.2, 0.25) is 5.02 Å². The molecule has 1 fully saturated rings. The SMILES string of the molecule is O=C(Cc1ccccc1Cl)N1CCC(CCCl)C1. The summed E-state index contributed by atoms with van der Waals surface area (Å²) in [7, 11) is 0. The highest BCUT2D eigenvalue weighted by molar-refractivity contribution is 6.31. The van der Waals surface area contributed by atoms with Crippen LogP contribution < -0.4 is 0 Å². The Morgan fingerprint density at radius 3 is 2.89 bits per heavy atom. The number of amides is 1. The number of carbonyl (C=O) groups is 1. The molecule has 2 rings (SSSR count). The smallest absolute Gasteiger partial charge is 0.227 e. The van der Waals surface area contributed by atoms with Gasteiger partial charge in [0.2, 0.25) is 5.91 Å². The third-order valence-electron chi connectivity index (χ3n) is 3.46. The van der Waals surface area contributed by atoms with E-state index in [-0.39, 0.29) is 5.91 Å². The standard InChI is InChI=1S/C14H17Cl2NO/c15-7-5-11-6-8-17(10-11)14(18)9-12-3-1-2-4-13(12)16/h1-4,11H,5-10H2. The molecule has 1 heterocycles. The molecule has 1 amide bonds. The molecule has 0 saturated carbocycles. The van der Waals surface area contributed by atoms with Gasteiger partial charge in [0.1, 0.15) is 0 Å². The number of carbonyl (C=O) groups excluding carboxylic acids is 1. The molecule has 0 aliphatic carbocycles. The Morgan fingerprint density at radius 2 is 2.17 bits per heavy atom. The number of benzene rings is 1. The first-order valence-electron chi connectivity index (χ1n) is 6.28. The Kier molecular flexibility index (Phi) is 4.90. The van der Waals surface area contributed by atoms with Gasteiger partial charge in [0.15, 0.2) is 0 Å². The van der Waals surface area contributed by atoms with Gasteiger partial charge in [-0.25, -0.2) is 0 Å². The quantitative estimate of drug-likeness (QED) is 0.777. The molecule has 1 aromatic carbocycles. The van der Waals surface area contributed by atoms with E-state index >= 15 is 0 Å². The van der Waals surface area contributed by atoms with Crippen LogP contribution in [0.4, 0.5) is 0 Å². The molecule has 1 atom stereocenters. The van der Waals surface area contributed by atoms with E-state index in [2.05, 4.69) is 0 Å². The molecule has 0 bridgehead atoms. The van der Waals surface area contributed by atoms with E-state index in [1.165, 1.54) is 0 Å². The van der Waals surface area contributed by atoms with Gasteiger partial charge in [-0.3, -0.25) is 4.79 Å². The summed E-state index contributed by atoms with van der Waals surface area (Å²) in [5, 5.41) is 0.669. The van der Waals surface area contributed by atoms with E-state index in [0.29, 0.717) is 23.2 Å². The van der Waals surface area contributed by atoms with E-state index in [0.717, 1.165) is 31.5 Å². The fourth-order valence-corrected chi connectivity index (χ4v) is 2.88. The van der Waals surface area contributed by atoms with E-state index in [4.69, 9.17) is 23.2 Å². The summed E-state index contributed by atoms with van der Waals surface area (Å²) in [4.78, 5) is 14.1. The lowest BCUT2D eigenvalue weighted by Gasteiger charge is -2.16.